The number of rotatable bonds is 12. The minimum absolute atomic E-state index is 0.0570. The smallest absolute Gasteiger partial charge is 0.0698 e. The number of allylic oxidation sites excluding steroid dienone is 7. The third-order valence-corrected chi connectivity index (χ3v) is 7.39. The van der Waals surface area contributed by atoms with Gasteiger partial charge in [-0.1, -0.05) is 107 Å². The van der Waals surface area contributed by atoms with Crippen LogP contribution in [0.4, 0.5) is 5.69 Å². The number of terminal acetylenes is 1. The van der Waals surface area contributed by atoms with Crippen LogP contribution in [0.25, 0.3) is 5.70 Å². The van der Waals surface area contributed by atoms with Crippen molar-refractivity contribution in [2.75, 3.05) is 5.32 Å². The summed E-state index contributed by atoms with van der Waals surface area (Å²) in [5.74, 6) is 2.25. The van der Waals surface area contributed by atoms with Gasteiger partial charge in [0.1, 0.15) is 0 Å². The highest BCUT2D eigenvalue weighted by molar-refractivity contribution is 5.72. The molecular weight excluding hydrogens is 637 g/mol. The van der Waals surface area contributed by atoms with Gasteiger partial charge in [0.15, 0.2) is 0 Å². The zero-order valence-corrected chi connectivity index (χ0v) is 33.7. The van der Waals surface area contributed by atoms with Crippen molar-refractivity contribution >= 4 is 11.4 Å². The van der Waals surface area contributed by atoms with Crippen molar-refractivity contribution in [3.63, 3.8) is 0 Å². The van der Waals surface area contributed by atoms with Crippen molar-refractivity contribution in [3.05, 3.63) is 179 Å². The monoisotopic (exact) mass is 703 g/mol. The molecule has 1 atom stereocenters. The van der Waals surface area contributed by atoms with E-state index in [2.05, 4.69) is 121 Å². The van der Waals surface area contributed by atoms with Crippen LogP contribution in [0.1, 0.15) is 92.0 Å². The number of hydrogen-bond acceptors (Lipinski definition) is 6. The van der Waals surface area contributed by atoms with Gasteiger partial charge < -0.3 is 33.2 Å². The maximum Gasteiger partial charge on any atom is 0.0698 e. The van der Waals surface area contributed by atoms with E-state index in [9.17, 15) is 0 Å². The third-order valence-electron chi connectivity index (χ3n) is 7.39. The van der Waals surface area contributed by atoms with Gasteiger partial charge in [-0.25, -0.2) is 0 Å². The molecule has 0 aliphatic heterocycles. The van der Waals surface area contributed by atoms with Crippen LogP contribution in [0.5, 0.6) is 0 Å². The highest BCUT2D eigenvalue weighted by atomic mass is 14.9. The Hall–Kier alpha value is -5.80. The van der Waals surface area contributed by atoms with E-state index < -0.39 is 0 Å². The van der Waals surface area contributed by atoms with E-state index in [1.54, 1.807) is 13.8 Å². The minimum atomic E-state index is 0.0570. The summed E-state index contributed by atoms with van der Waals surface area (Å²) in [4.78, 5) is 0. The molecule has 280 valence electrons. The van der Waals surface area contributed by atoms with Crippen LogP contribution in [0, 0.1) is 12.3 Å². The molecule has 6 heteroatoms. The van der Waals surface area contributed by atoms with E-state index in [1.165, 1.54) is 11.1 Å². The number of benzene rings is 2. The zero-order valence-electron chi connectivity index (χ0n) is 33.7. The summed E-state index contributed by atoms with van der Waals surface area (Å²) in [5, 5.41) is 10.1. The van der Waals surface area contributed by atoms with Gasteiger partial charge in [-0.05, 0) is 107 Å². The first kappa shape index (κ1) is 48.3. The first-order valence-electron chi connectivity index (χ1n) is 17.2. The molecular formula is C46H66N6. The second-order valence-electron chi connectivity index (χ2n) is 12.4. The Morgan fingerprint density at radius 2 is 1.35 bits per heavy atom. The molecule has 0 radical (unpaired) electrons. The summed E-state index contributed by atoms with van der Waals surface area (Å²) >= 11 is 0. The Balaban J connectivity index is 0. The number of nitrogens with two attached hydrogens (primary N) is 3. The van der Waals surface area contributed by atoms with E-state index in [1.807, 2.05) is 63.2 Å². The molecule has 0 aromatic heterocycles. The quantitative estimate of drug-likeness (QED) is 0.0745. The van der Waals surface area contributed by atoms with Gasteiger partial charge in [-0.3, -0.25) is 0 Å². The molecule has 0 saturated carbocycles. The molecule has 1 unspecified atom stereocenters. The maximum atomic E-state index is 6.01. The predicted molar refractivity (Wildman–Crippen MR) is 233 cm³/mol. The summed E-state index contributed by atoms with van der Waals surface area (Å²) in [5.41, 5.74) is 31.3. The van der Waals surface area contributed by atoms with E-state index in [-0.39, 0.29) is 6.04 Å². The Labute approximate surface area is 317 Å². The molecule has 9 N–H and O–H groups in total. The summed E-state index contributed by atoms with van der Waals surface area (Å²) < 4.78 is 0. The Kier molecular flexibility index (Phi) is 23.4. The topological polar surface area (TPSA) is 114 Å². The summed E-state index contributed by atoms with van der Waals surface area (Å²) in [7, 11) is 0. The highest BCUT2D eigenvalue weighted by Crippen LogP contribution is 2.34. The summed E-state index contributed by atoms with van der Waals surface area (Å²) in [6.07, 6.45) is 6.57. The molecule has 0 bridgehead atoms. The SMILES string of the molecule is C#CC.C=C(/C=C(\C)C(=C)NCc1cccc(NC2=C(N)C(=C)C2=C)c1)C(=C)NC(C)c1ccc(C(=C)N)cc1.C=C(C)N.CC.CC(C)=C(C)C. The first-order chi connectivity index (χ1) is 24.3. The van der Waals surface area contributed by atoms with E-state index in [4.69, 9.17) is 17.2 Å². The molecule has 52 heavy (non-hydrogen) atoms. The van der Waals surface area contributed by atoms with Crippen molar-refractivity contribution in [3.8, 4) is 12.3 Å². The highest BCUT2D eigenvalue weighted by Gasteiger charge is 2.23. The van der Waals surface area contributed by atoms with Crippen molar-refractivity contribution in [1.82, 2.24) is 10.6 Å². The molecule has 3 rings (SSSR count). The lowest BCUT2D eigenvalue weighted by molar-refractivity contribution is 0.663. The van der Waals surface area contributed by atoms with Gasteiger partial charge in [-0.15, -0.1) is 12.3 Å². The van der Waals surface area contributed by atoms with Crippen molar-refractivity contribution in [1.29, 1.82) is 0 Å². The van der Waals surface area contributed by atoms with Gasteiger partial charge in [0.25, 0.3) is 0 Å². The molecule has 0 spiro atoms. The lowest BCUT2D eigenvalue weighted by Crippen LogP contribution is -2.23. The Bertz CT molecular complexity index is 1700. The number of nitrogens with one attached hydrogen (secondary N) is 3. The fourth-order valence-electron chi connectivity index (χ4n) is 3.82. The van der Waals surface area contributed by atoms with Gasteiger partial charge in [0.2, 0.25) is 0 Å². The molecule has 0 saturated heterocycles. The van der Waals surface area contributed by atoms with Crippen molar-refractivity contribution < 1.29 is 0 Å². The van der Waals surface area contributed by atoms with Crippen LogP contribution in [0.3, 0.4) is 0 Å². The Morgan fingerprint density at radius 3 is 1.79 bits per heavy atom. The summed E-state index contributed by atoms with van der Waals surface area (Å²) in [6, 6.07) is 16.2. The molecule has 6 nitrogen and oxygen atoms in total. The molecule has 0 heterocycles. The lowest BCUT2D eigenvalue weighted by Gasteiger charge is -2.27. The van der Waals surface area contributed by atoms with Gasteiger partial charge >= 0.3 is 0 Å². The van der Waals surface area contributed by atoms with Gasteiger partial charge in [-0.2, -0.15) is 0 Å². The predicted octanol–water partition coefficient (Wildman–Crippen LogP) is 10.8. The standard InChI is InChI=1S/C32H37N5.C6H12.C3H7N.C3H4.C2H6/c1-19(16-20(2)25(7)36-26(8)29-14-12-28(13-15-29)23(5)33)24(6)35-18-27-10-9-11-30(17-27)37-32-22(4)21(3)31(32)34;1-5(2)6(3)4;1-3(2)4;1-3-2;1-2/h9-17,26,35-37H,2-7,18,33-34H2,1,8H3;1-4H3;1,4H2,2H3;1H,2H3;1-2H3/b19-16+;;;;. The van der Waals surface area contributed by atoms with E-state index >= 15 is 0 Å². The average Bonchev–Trinajstić information content (AvgIpc) is 3.10. The van der Waals surface area contributed by atoms with E-state index in [0.717, 1.165) is 61.8 Å². The van der Waals surface area contributed by atoms with Crippen LogP contribution in [0.2, 0.25) is 0 Å². The maximum absolute atomic E-state index is 6.01. The molecule has 0 fully saturated rings. The number of anilines is 1. The minimum Gasteiger partial charge on any atom is -0.403 e. The summed E-state index contributed by atoms with van der Waals surface area (Å²) in [6.45, 7) is 48.1. The van der Waals surface area contributed by atoms with Crippen molar-refractivity contribution in [2.24, 2.45) is 17.2 Å². The zero-order chi connectivity index (χ0) is 40.7. The van der Waals surface area contributed by atoms with Crippen LogP contribution >= 0.6 is 0 Å². The van der Waals surface area contributed by atoms with E-state index in [0.29, 0.717) is 23.6 Å². The van der Waals surface area contributed by atoms with Crippen LogP contribution in [0.15, 0.2) is 163 Å². The first-order valence-corrected chi connectivity index (χ1v) is 17.2. The molecule has 1 aliphatic carbocycles. The normalized spacial score (nSPS) is 11.6. The average molecular weight is 703 g/mol. The molecule has 1 aliphatic rings. The molecule has 0 amide bonds. The van der Waals surface area contributed by atoms with Gasteiger partial charge in [0, 0.05) is 46.5 Å². The molecule has 2 aromatic carbocycles. The second kappa shape index (κ2) is 25.2. The largest absolute Gasteiger partial charge is 0.403 e. The molecule has 2 aromatic rings. The van der Waals surface area contributed by atoms with Crippen LogP contribution < -0.4 is 33.2 Å². The fraction of sp³-hybridized carbons (Fsp3) is 0.261. The Morgan fingerprint density at radius 1 is 0.846 bits per heavy atom. The van der Waals surface area contributed by atoms with Gasteiger partial charge in [0.05, 0.1) is 11.4 Å². The fourth-order valence-corrected chi connectivity index (χ4v) is 3.82. The number of hydrogen-bond donors (Lipinski definition) is 6. The van der Waals surface area contributed by atoms with Crippen LogP contribution in [-0.2, 0) is 6.54 Å². The van der Waals surface area contributed by atoms with Crippen LogP contribution in [-0.4, -0.2) is 0 Å². The van der Waals surface area contributed by atoms with Crippen molar-refractivity contribution in [2.45, 2.75) is 81.8 Å². The third kappa shape index (κ3) is 18.3. The second-order valence-corrected chi connectivity index (χ2v) is 12.4. The lowest BCUT2D eigenvalue weighted by atomic mass is 9.90.